The zero-order valence-corrected chi connectivity index (χ0v) is 12.3. The van der Waals surface area contributed by atoms with Gasteiger partial charge in [0.15, 0.2) is 12.4 Å². The van der Waals surface area contributed by atoms with Crippen LogP contribution in [0.25, 0.3) is 0 Å². The summed E-state index contributed by atoms with van der Waals surface area (Å²) >= 11 is 0. The Kier molecular flexibility index (Phi) is 5.06. The number of nitrogens with zero attached hydrogens (tertiary/aromatic N) is 2. The van der Waals surface area contributed by atoms with E-state index in [0.29, 0.717) is 0 Å². The lowest BCUT2D eigenvalue weighted by Gasteiger charge is -2.01. The fourth-order valence-electron chi connectivity index (χ4n) is 2.39. The molecule has 4 nitrogen and oxygen atoms in total. The first-order valence-electron chi connectivity index (χ1n) is 6.71. The second-order valence-electron chi connectivity index (χ2n) is 4.80. The lowest BCUT2D eigenvalue weighted by molar-refractivity contribution is -0.684. The quantitative estimate of drug-likeness (QED) is 0.541. The van der Waals surface area contributed by atoms with Crippen molar-refractivity contribution in [1.82, 2.24) is 5.43 Å². The first-order chi connectivity index (χ1) is 9.83. The molecule has 1 aliphatic carbocycles. The van der Waals surface area contributed by atoms with Gasteiger partial charge in [-0.1, -0.05) is 30.3 Å². The molecule has 0 spiro atoms. The number of nitrogens with one attached hydrogen (secondary N) is 1. The minimum Gasteiger partial charge on any atom is -1.00 e. The largest absolute Gasteiger partial charge is 1.00 e. The number of carbonyl (C=O) groups is 1. The van der Waals surface area contributed by atoms with Gasteiger partial charge >= 0.3 is 5.91 Å². The highest BCUT2D eigenvalue weighted by Crippen LogP contribution is 2.21. The SMILES string of the molecule is O=C(C[n+]1ccccc1)N/N=C1/CCc2ccccc21.[Cl-]. The van der Waals surface area contributed by atoms with E-state index in [0.717, 1.165) is 24.1 Å². The molecule has 21 heavy (non-hydrogen) atoms. The second kappa shape index (κ2) is 6.99. The number of pyridine rings is 1. The Labute approximate surface area is 129 Å². The molecule has 0 bridgehead atoms. The van der Waals surface area contributed by atoms with Crippen LogP contribution < -0.4 is 22.4 Å². The Balaban J connectivity index is 0.00000161. The van der Waals surface area contributed by atoms with Crippen molar-refractivity contribution < 1.29 is 21.8 Å². The number of benzene rings is 1. The summed E-state index contributed by atoms with van der Waals surface area (Å²) in [6.45, 7) is 0.277. The van der Waals surface area contributed by atoms with Gasteiger partial charge in [-0.15, -0.1) is 0 Å². The maximum atomic E-state index is 11.8. The Morgan fingerprint density at radius 1 is 1.10 bits per heavy atom. The van der Waals surface area contributed by atoms with Crippen LogP contribution in [0, 0.1) is 0 Å². The minimum atomic E-state index is -0.113. The lowest BCUT2D eigenvalue weighted by Crippen LogP contribution is -3.00. The topological polar surface area (TPSA) is 45.3 Å². The molecule has 0 aliphatic heterocycles. The van der Waals surface area contributed by atoms with E-state index in [2.05, 4.69) is 22.7 Å². The van der Waals surface area contributed by atoms with E-state index in [4.69, 9.17) is 0 Å². The van der Waals surface area contributed by atoms with Gasteiger partial charge in [0.05, 0.1) is 5.71 Å². The van der Waals surface area contributed by atoms with E-state index in [1.807, 2.05) is 47.3 Å². The van der Waals surface area contributed by atoms with Crippen molar-refractivity contribution >= 4 is 11.6 Å². The minimum absolute atomic E-state index is 0. The van der Waals surface area contributed by atoms with Crippen LogP contribution >= 0.6 is 0 Å². The zero-order chi connectivity index (χ0) is 13.8. The molecule has 1 amide bonds. The van der Waals surface area contributed by atoms with Crippen LogP contribution in [0.5, 0.6) is 0 Å². The molecule has 1 aromatic carbocycles. The lowest BCUT2D eigenvalue weighted by atomic mass is 10.1. The molecule has 1 heterocycles. The zero-order valence-electron chi connectivity index (χ0n) is 11.5. The predicted molar refractivity (Wildman–Crippen MR) is 76.1 cm³/mol. The molecule has 1 aromatic heterocycles. The Bertz CT molecular complexity index is 656. The number of amides is 1. The van der Waals surface area contributed by atoms with E-state index >= 15 is 0 Å². The molecule has 1 N–H and O–H groups in total. The molecule has 3 rings (SSSR count). The van der Waals surface area contributed by atoms with Crippen LogP contribution in [0.1, 0.15) is 17.5 Å². The van der Waals surface area contributed by atoms with Crippen molar-refractivity contribution in [1.29, 1.82) is 0 Å². The number of fused-ring (bicyclic) bond motifs is 1. The summed E-state index contributed by atoms with van der Waals surface area (Å²) in [5.74, 6) is -0.113. The Morgan fingerprint density at radius 3 is 2.67 bits per heavy atom. The summed E-state index contributed by atoms with van der Waals surface area (Å²) in [6.07, 6.45) is 5.60. The summed E-state index contributed by atoms with van der Waals surface area (Å²) < 4.78 is 1.82. The van der Waals surface area contributed by atoms with Gasteiger partial charge in [0.1, 0.15) is 0 Å². The van der Waals surface area contributed by atoms with Gasteiger partial charge in [0.2, 0.25) is 6.54 Å². The van der Waals surface area contributed by atoms with Gasteiger partial charge in [0.25, 0.3) is 0 Å². The summed E-state index contributed by atoms with van der Waals surface area (Å²) in [5.41, 5.74) is 6.06. The Hall–Kier alpha value is -2.20. The average molecular weight is 302 g/mol. The third-order valence-corrected chi connectivity index (χ3v) is 3.38. The van der Waals surface area contributed by atoms with E-state index in [1.54, 1.807) is 0 Å². The smallest absolute Gasteiger partial charge is 0.305 e. The van der Waals surface area contributed by atoms with Crippen LogP contribution in [-0.2, 0) is 17.8 Å². The van der Waals surface area contributed by atoms with Crippen LogP contribution in [0.2, 0.25) is 0 Å². The molecule has 108 valence electrons. The average Bonchev–Trinajstić information content (AvgIpc) is 2.89. The number of hydrogen-bond acceptors (Lipinski definition) is 2. The van der Waals surface area contributed by atoms with E-state index in [-0.39, 0.29) is 24.9 Å². The first-order valence-corrected chi connectivity index (χ1v) is 6.71. The van der Waals surface area contributed by atoms with E-state index in [1.165, 1.54) is 5.56 Å². The van der Waals surface area contributed by atoms with Gasteiger partial charge in [-0.2, -0.15) is 9.67 Å². The summed E-state index contributed by atoms with van der Waals surface area (Å²) in [4.78, 5) is 11.8. The van der Waals surface area contributed by atoms with Crippen LogP contribution in [0.15, 0.2) is 60.0 Å². The van der Waals surface area contributed by atoms with Crippen molar-refractivity contribution in [3.63, 3.8) is 0 Å². The molecule has 0 fully saturated rings. The third kappa shape index (κ3) is 3.67. The number of carbonyl (C=O) groups excluding carboxylic acids is 1. The van der Waals surface area contributed by atoms with Gasteiger partial charge in [-0.25, -0.2) is 5.43 Å². The van der Waals surface area contributed by atoms with E-state index in [9.17, 15) is 4.79 Å². The normalized spacial score (nSPS) is 14.4. The molecule has 2 aromatic rings. The maximum absolute atomic E-state index is 11.8. The fraction of sp³-hybridized carbons (Fsp3) is 0.188. The number of aromatic nitrogens is 1. The number of halogens is 1. The second-order valence-corrected chi connectivity index (χ2v) is 4.80. The molecule has 1 aliphatic rings. The molecular weight excluding hydrogens is 286 g/mol. The summed E-state index contributed by atoms with van der Waals surface area (Å²) in [5, 5.41) is 4.26. The van der Waals surface area contributed by atoms with Crippen molar-refractivity contribution in [2.24, 2.45) is 5.10 Å². The highest BCUT2D eigenvalue weighted by molar-refractivity contribution is 6.04. The molecular formula is C16H16ClN3O. The highest BCUT2D eigenvalue weighted by Gasteiger charge is 2.17. The predicted octanol–water partition coefficient (Wildman–Crippen LogP) is -1.56. The number of hydrogen-bond donors (Lipinski definition) is 1. The summed E-state index contributed by atoms with van der Waals surface area (Å²) in [6, 6.07) is 13.9. The third-order valence-electron chi connectivity index (χ3n) is 3.38. The molecule has 0 saturated carbocycles. The van der Waals surface area contributed by atoms with E-state index < -0.39 is 0 Å². The molecule has 0 radical (unpaired) electrons. The van der Waals surface area contributed by atoms with Gasteiger partial charge in [-0.05, 0) is 18.4 Å². The molecule has 0 atom stereocenters. The Morgan fingerprint density at radius 2 is 1.86 bits per heavy atom. The molecule has 0 saturated heterocycles. The molecule has 0 unspecified atom stereocenters. The van der Waals surface area contributed by atoms with Gasteiger partial charge in [-0.3, -0.25) is 4.79 Å². The van der Waals surface area contributed by atoms with Crippen LogP contribution in [0.3, 0.4) is 0 Å². The van der Waals surface area contributed by atoms with Gasteiger partial charge < -0.3 is 12.4 Å². The first kappa shape index (κ1) is 15.2. The van der Waals surface area contributed by atoms with Crippen LogP contribution in [-0.4, -0.2) is 11.6 Å². The maximum Gasteiger partial charge on any atom is 0.305 e. The number of rotatable bonds is 3. The van der Waals surface area contributed by atoms with Crippen molar-refractivity contribution in [2.75, 3.05) is 0 Å². The standard InChI is InChI=1S/C16H15N3O.ClH/c20-16(12-19-10-4-1-5-11-19)18-17-15-9-8-13-6-2-3-7-14(13)15;/h1-7,10-11H,8-9,12H2;1H/b17-15-;. The highest BCUT2D eigenvalue weighted by atomic mass is 35.5. The van der Waals surface area contributed by atoms with Crippen LogP contribution in [0.4, 0.5) is 0 Å². The fourth-order valence-corrected chi connectivity index (χ4v) is 2.39. The number of aryl methyl sites for hydroxylation is 1. The van der Waals surface area contributed by atoms with Crippen molar-refractivity contribution in [3.05, 3.63) is 66.0 Å². The molecule has 5 heteroatoms. The van der Waals surface area contributed by atoms with Crippen molar-refractivity contribution in [3.8, 4) is 0 Å². The number of hydrazone groups is 1. The summed E-state index contributed by atoms with van der Waals surface area (Å²) in [7, 11) is 0. The van der Waals surface area contributed by atoms with Crippen molar-refractivity contribution in [2.45, 2.75) is 19.4 Å². The van der Waals surface area contributed by atoms with Gasteiger partial charge in [0, 0.05) is 17.7 Å². The monoisotopic (exact) mass is 301 g/mol.